The molecule has 28 heavy (non-hydrogen) atoms. The van der Waals surface area contributed by atoms with E-state index in [9.17, 15) is 4.79 Å². The van der Waals surface area contributed by atoms with Crippen LogP contribution in [0.15, 0.2) is 60.8 Å². The van der Waals surface area contributed by atoms with Gasteiger partial charge >= 0.3 is 0 Å². The van der Waals surface area contributed by atoms with Crippen molar-refractivity contribution in [2.75, 3.05) is 26.3 Å². The summed E-state index contributed by atoms with van der Waals surface area (Å²) in [5.74, 6) is 0.455. The maximum Gasteiger partial charge on any atom is 0.223 e. The number of aryl methyl sites for hydroxylation is 2. The van der Waals surface area contributed by atoms with Crippen LogP contribution < -0.4 is 0 Å². The standard InChI is InChI=1S/C24H28N2O2/c1-25-18-22(21-9-5-6-10-23(21)25)20(12-11-19-7-3-2-4-8-19)17-24(27)26-13-15-28-16-14-26/h2-10,18,20H,11-17H2,1H3/t20-/m1/s1. The molecule has 146 valence electrons. The van der Waals surface area contributed by atoms with E-state index in [1.54, 1.807) is 0 Å². The van der Waals surface area contributed by atoms with Gasteiger partial charge in [-0.1, -0.05) is 48.5 Å². The number of nitrogens with zero attached hydrogens (tertiary/aromatic N) is 2. The molecule has 0 spiro atoms. The van der Waals surface area contributed by atoms with Gasteiger partial charge in [0.05, 0.1) is 13.2 Å². The average molecular weight is 377 g/mol. The Morgan fingerprint density at radius 1 is 1.04 bits per heavy atom. The van der Waals surface area contributed by atoms with Crippen LogP contribution >= 0.6 is 0 Å². The molecule has 0 saturated carbocycles. The van der Waals surface area contributed by atoms with Crippen molar-refractivity contribution in [2.45, 2.75) is 25.2 Å². The zero-order chi connectivity index (χ0) is 19.3. The lowest BCUT2D eigenvalue weighted by Gasteiger charge is -2.28. The zero-order valence-corrected chi connectivity index (χ0v) is 16.5. The van der Waals surface area contributed by atoms with Crippen molar-refractivity contribution in [3.05, 3.63) is 71.9 Å². The van der Waals surface area contributed by atoms with Crippen molar-refractivity contribution in [3.63, 3.8) is 0 Å². The van der Waals surface area contributed by atoms with Crippen LogP contribution in [0.1, 0.15) is 29.9 Å². The number of morpholine rings is 1. The van der Waals surface area contributed by atoms with Gasteiger partial charge in [-0.3, -0.25) is 4.79 Å². The van der Waals surface area contributed by atoms with Crippen molar-refractivity contribution in [3.8, 4) is 0 Å². The molecule has 2 heterocycles. The van der Waals surface area contributed by atoms with Gasteiger partial charge in [0.2, 0.25) is 5.91 Å². The van der Waals surface area contributed by atoms with Crippen LogP contribution in [0.5, 0.6) is 0 Å². The molecule has 0 radical (unpaired) electrons. The van der Waals surface area contributed by atoms with Crippen molar-refractivity contribution < 1.29 is 9.53 Å². The van der Waals surface area contributed by atoms with Gasteiger partial charge in [0.1, 0.15) is 0 Å². The summed E-state index contributed by atoms with van der Waals surface area (Å²) in [6, 6.07) is 19.0. The fourth-order valence-electron chi connectivity index (χ4n) is 4.20. The van der Waals surface area contributed by atoms with Crippen molar-refractivity contribution >= 4 is 16.8 Å². The number of benzene rings is 2. The number of amides is 1. The van der Waals surface area contributed by atoms with E-state index in [-0.39, 0.29) is 11.8 Å². The molecule has 4 heteroatoms. The molecule has 1 saturated heterocycles. The second-order valence-electron chi connectivity index (χ2n) is 7.63. The molecule has 0 N–H and O–H groups in total. The van der Waals surface area contributed by atoms with Crippen LogP contribution in [0.3, 0.4) is 0 Å². The highest BCUT2D eigenvalue weighted by Crippen LogP contribution is 2.33. The molecule has 0 aliphatic carbocycles. The van der Waals surface area contributed by atoms with Gasteiger partial charge in [0.25, 0.3) is 0 Å². The Morgan fingerprint density at radius 2 is 1.75 bits per heavy atom. The van der Waals surface area contributed by atoms with Gasteiger partial charge in [-0.25, -0.2) is 0 Å². The SMILES string of the molecule is Cn1cc([C@H](CCc2ccccc2)CC(=O)N2CCOCC2)c2ccccc21. The molecule has 4 nitrogen and oxygen atoms in total. The Bertz CT molecular complexity index is 926. The minimum Gasteiger partial charge on any atom is -0.378 e. The van der Waals surface area contributed by atoms with Gasteiger partial charge in [-0.2, -0.15) is 0 Å². The Morgan fingerprint density at radius 3 is 2.54 bits per heavy atom. The van der Waals surface area contributed by atoms with E-state index in [4.69, 9.17) is 4.74 Å². The van der Waals surface area contributed by atoms with E-state index in [0.29, 0.717) is 32.7 Å². The Balaban J connectivity index is 1.59. The molecule has 4 rings (SSSR count). The maximum absolute atomic E-state index is 13.0. The number of hydrogen-bond donors (Lipinski definition) is 0. The molecule has 0 unspecified atom stereocenters. The molecule has 2 aromatic carbocycles. The van der Waals surface area contributed by atoms with Gasteiger partial charge in [0, 0.05) is 43.7 Å². The van der Waals surface area contributed by atoms with E-state index in [1.807, 2.05) is 11.0 Å². The summed E-state index contributed by atoms with van der Waals surface area (Å²) in [6.07, 6.45) is 4.72. The van der Waals surface area contributed by atoms with Crippen LogP contribution in [0.2, 0.25) is 0 Å². The fraction of sp³-hybridized carbons (Fsp3) is 0.375. The zero-order valence-electron chi connectivity index (χ0n) is 16.5. The molecule has 1 aliphatic heterocycles. The van der Waals surface area contributed by atoms with E-state index in [2.05, 4.69) is 66.3 Å². The minimum absolute atomic E-state index is 0.210. The van der Waals surface area contributed by atoms with Gasteiger partial charge in [0.15, 0.2) is 0 Å². The van der Waals surface area contributed by atoms with Crippen LogP contribution in [-0.2, 0) is 23.0 Å². The number of para-hydroxylation sites is 1. The Labute approximate surface area is 166 Å². The van der Waals surface area contributed by atoms with E-state index in [0.717, 1.165) is 12.8 Å². The van der Waals surface area contributed by atoms with E-state index in [1.165, 1.54) is 22.0 Å². The first-order valence-electron chi connectivity index (χ1n) is 10.2. The molecular weight excluding hydrogens is 348 g/mol. The smallest absolute Gasteiger partial charge is 0.223 e. The molecule has 1 fully saturated rings. The van der Waals surface area contributed by atoms with Crippen LogP contribution in [0.4, 0.5) is 0 Å². The molecular formula is C24H28N2O2. The lowest BCUT2D eigenvalue weighted by molar-refractivity contribution is -0.135. The molecule has 1 aliphatic rings. The summed E-state index contributed by atoms with van der Waals surface area (Å²) in [4.78, 5) is 15.0. The predicted octanol–water partition coefficient (Wildman–Crippen LogP) is 4.14. The first-order valence-corrected chi connectivity index (χ1v) is 10.2. The Hall–Kier alpha value is -2.59. The highest BCUT2D eigenvalue weighted by Gasteiger charge is 2.24. The fourth-order valence-corrected chi connectivity index (χ4v) is 4.20. The van der Waals surface area contributed by atoms with Crippen LogP contribution in [0, 0.1) is 0 Å². The number of fused-ring (bicyclic) bond motifs is 1. The summed E-state index contributed by atoms with van der Waals surface area (Å²) in [6.45, 7) is 2.71. The number of carbonyl (C=O) groups is 1. The van der Waals surface area contributed by atoms with Crippen molar-refractivity contribution in [1.82, 2.24) is 9.47 Å². The number of ether oxygens (including phenoxy) is 1. The predicted molar refractivity (Wildman–Crippen MR) is 112 cm³/mol. The summed E-state index contributed by atoms with van der Waals surface area (Å²) in [5, 5.41) is 1.26. The second-order valence-corrected chi connectivity index (χ2v) is 7.63. The number of hydrogen-bond acceptors (Lipinski definition) is 2. The van der Waals surface area contributed by atoms with Gasteiger partial charge in [-0.15, -0.1) is 0 Å². The highest BCUT2D eigenvalue weighted by atomic mass is 16.5. The monoisotopic (exact) mass is 376 g/mol. The van der Waals surface area contributed by atoms with Gasteiger partial charge in [-0.05, 0) is 36.0 Å². The third kappa shape index (κ3) is 4.12. The third-order valence-corrected chi connectivity index (χ3v) is 5.78. The molecule has 3 aromatic rings. The highest BCUT2D eigenvalue weighted by molar-refractivity contribution is 5.86. The maximum atomic E-state index is 13.0. The van der Waals surface area contributed by atoms with Gasteiger partial charge < -0.3 is 14.2 Å². The van der Waals surface area contributed by atoms with E-state index >= 15 is 0 Å². The molecule has 1 atom stereocenters. The topological polar surface area (TPSA) is 34.5 Å². The second kappa shape index (κ2) is 8.61. The number of carbonyl (C=O) groups excluding carboxylic acids is 1. The normalized spacial score (nSPS) is 15.7. The minimum atomic E-state index is 0.210. The first-order chi connectivity index (χ1) is 13.7. The third-order valence-electron chi connectivity index (χ3n) is 5.78. The average Bonchev–Trinajstić information content (AvgIpc) is 3.09. The van der Waals surface area contributed by atoms with Crippen LogP contribution in [0.25, 0.3) is 10.9 Å². The van der Waals surface area contributed by atoms with Crippen molar-refractivity contribution in [2.24, 2.45) is 7.05 Å². The summed E-state index contributed by atoms with van der Waals surface area (Å²) >= 11 is 0. The lowest BCUT2D eigenvalue weighted by Crippen LogP contribution is -2.41. The Kier molecular flexibility index (Phi) is 5.77. The molecule has 0 bridgehead atoms. The quantitative estimate of drug-likeness (QED) is 0.648. The van der Waals surface area contributed by atoms with Crippen LogP contribution in [-0.4, -0.2) is 41.7 Å². The van der Waals surface area contributed by atoms with Crippen molar-refractivity contribution in [1.29, 1.82) is 0 Å². The largest absolute Gasteiger partial charge is 0.378 e. The summed E-state index contributed by atoms with van der Waals surface area (Å²) < 4.78 is 7.59. The summed E-state index contributed by atoms with van der Waals surface area (Å²) in [5.41, 5.74) is 3.84. The first kappa shape index (κ1) is 18.8. The molecule has 1 aromatic heterocycles. The van der Waals surface area contributed by atoms with E-state index < -0.39 is 0 Å². The lowest BCUT2D eigenvalue weighted by atomic mass is 9.89. The number of rotatable bonds is 6. The molecule has 1 amide bonds. The number of aromatic nitrogens is 1. The summed E-state index contributed by atoms with van der Waals surface area (Å²) in [7, 11) is 2.09.